The number of hydrogen-bond acceptors (Lipinski definition) is 3. The molecule has 3 nitrogen and oxygen atoms in total. The number of carbonyl (C=O) groups excluding carboxylic acids is 1. The molecule has 0 heterocycles. The highest BCUT2D eigenvalue weighted by atomic mass is 16.3. The fourth-order valence-electron chi connectivity index (χ4n) is 7.54. The van der Waals surface area contributed by atoms with Gasteiger partial charge in [0.1, 0.15) is 5.60 Å². The molecule has 0 radical (unpaired) electrons. The third kappa shape index (κ3) is 2.13. The second-order valence-corrected chi connectivity index (χ2v) is 10.1. The molecule has 2 N–H and O–H groups in total. The topological polar surface area (TPSA) is 57.5 Å². The van der Waals surface area contributed by atoms with Crippen molar-refractivity contribution in [1.29, 1.82) is 0 Å². The first-order chi connectivity index (χ1) is 11.2. The van der Waals surface area contributed by atoms with Crippen molar-refractivity contribution < 1.29 is 15.0 Å². The van der Waals surface area contributed by atoms with Crippen LogP contribution >= 0.6 is 0 Å². The van der Waals surface area contributed by atoms with E-state index in [-0.39, 0.29) is 22.7 Å². The molecule has 4 aliphatic rings. The van der Waals surface area contributed by atoms with Gasteiger partial charge in [-0.25, -0.2) is 0 Å². The minimum Gasteiger partial charge on any atom is -0.393 e. The third-order valence-electron chi connectivity index (χ3n) is 9.33. The summed E-state index contributed by atoms with van der Waals surface area (Å²) in [5.74, 6) is 2.58. The number of fused-ring (bicyclic) bond motifs is 5. The van der Waals surface area contributed by atoms with E-state index in [9.17, 15) is 15.0 Å². The number of carbonyl (C=O) groups is 1. The second kappa shape index (κ2) is 5.30. The van der Waals surface area contributed by atoms with E-state index in [1.165, 1.54) is 19.3 Å². The van der Waals surface area contributed by atoms with Crippen LogP contribution in [0.4, 0.5) is 0 Å². The predicted octanol–water partition coefficient (Wildman–Crippen LogP) is 3.71. The lowest BCUT2D eigenvalue weighted by atomic mass is 9.44. The van der Waals surface area contributed by atoms with Crippen LogP contribution in [0.1, 0.15) is 78.6 Å². The molecule has 4 aliphatic carbocycles. The van der Waals surface area contributed by atoms with Gasteiger partial charge in [-0.15, -0.1) is 0 Å². The van der Waals surface area contributed by atoms with E-state index in [1.54, 1.807) is 6.92 Å². The molecule has 0 bridgehead atoms. The zero-order valence-electron chi connectivity index (χ0n) is 15.6. The summed E-state index contributed by atoms with van der Waals surface area (Å²) in [4.78, 5) is 11.9. The van der Waals surface area contributed by atoms with E-state index in [0.717, 1.165) is 37.5 Å². The first-order valence-corrected chi connectivity index (χ1v) is 10.1. The number of aliphatic hydroxyl groups is 2. The first kappa shape index (κ1) is 17.0. The quantitative estimate of drug-likeness (QED) is 0.768. The molecule has 24 heavy (non-hydrogen) atoms. The van der Waals surface area contributed by atoms with E-state index in [4.69, 9.17) is 0 Å². The first-order valence-electron chi connectivity index (χ1n) is 10.1. The van der Waals surface area contributed by atoms with Crippen LogP contribution in [-0.4, -0.2) is 27.7 Å². The maximum atomic E-state index is 11.9. The monoisotopic (exact) mass is 334 g/mol. The van der Waals surface area contributed by atoms with Crippen LogP contribution in [-0.2, 0) is 4.79 Å². The standard InChI is InChI=1S/C21H34O3/c1-13(22)21(24)11-10-19(2)14(12-21)4-5-15-16-6-7-18(23)20(16,3)9-8-17(15)19/h14-18,23-24H,4-12H2,1-3H3/t14-,15+,16+,17+,18-,19-,20-,21-/m0/s1. The maximum absolute atomic E-state index is 11.9. The minimum atomic E-state index is -1.07. The maximum Gasteiger partial charge on any atom is 0.161 e. The van der Waals surface area contributed by atoms with Crippen LogP contribution in [0.5, 0.6) is 0 Å². The highest BCUT2D eigenvalue weighted by molar-refractivity contribution is 5.84. The molecule has 3 heteroatoms. The van der Waals surface area contributed by atoms with E-state index < -0.39 is 5.60 Å². The van der Waals surface area contributed by atoms with Crippen molar-refractivity contribution in [2.45, 2.75) is 90.3 Å². The Morgan fingerprint density at radius 1 is 0.917 bits per heavy atom. The highest BCUT2D eigenvalue weighted by Crippen LogP contribution is 2.66. The van der Waals surface area contributed by atoms with Gasteiger partial charge in [0, 0.05) is 0 Å². The summed E-state index contributed by atoms with van der Waals surface area (Å²) in [5, 5.41) is 21.3. The molecule has 136 valence electrons. The summed E-state index contributed by atoms with van der Waals surface area (Å²) in [6, 6.07) is 0. The summed E-state index contributed by atoms with van der Waals surface area (Å²) in [6.07, 6.45) is 9.12. The Morgan fingerprint density at radius 2 is 1.62 bits per heavy atom. The van der Waals surface area contributed by atoms with Gasteiger partial charge in [0.15, 0.2) is 5.78 Å². The number of aliphatic hydroxyl groups excluding tert-OH is 1. The van der Waals surface area contributed by atoms with Crippen molar-refractivity contribution >= 4 is 5.78 Å². The van der Waals surface area contributed by atoms with Gasteiger partial charge in [-0.3, -0.25) is 4.79 Å². The number of Topliss-reactive ketones (excluding diaryl/α,β-unsaturated/α-hetero) is 1. The zero-order valence-corrected chi connectivity index (χ0v) is 15.6. The molecule has 8 atom stereocenters. The molecule has 0 aromatic heterocycles. The van der Waals surface area contributed by atoms with Gasteiger partial charge < -0.3 is 10.2 Å². The summed E-state index contributed by atoms with van der Waals surface area (Å²) >= 11 is 0. The van der Waals surface area contributed by atoms with E-state index in [2.05, 4.69) is 13.8 Å². The molecule has 4 fully saturated rings. The van der Waals surface area contributed by atoms with Crippen LogP contribution in [0.25, 0.3) is 0 Å². The van der Waals surface area contributed by atoms with E-state index >= 15 is 0 Å². The van der Waals surface area contributed by atoms with Gasteiger partial charge in [-0.2, -0.15) is 0 Å². The number of rotatable bonds is 1. The van der Waals surface area contributed by atoms with Gasteiger partial charge in [-0.1, -0.05) is 13.8 Å². The third-order valence-corrected chi connectivity index (χ3v) is 9.33. The predicted molar refractivity (Wildman–Crippen MR) is 93.4 cm³/mol. The summed E-state index contributed by atoms with van der Waals surface area (Å²) in [6.45, 7) is 6.33. The van der Waals surface area contributed by atoms with Gasteiger partial charge in [-0.05, 0) is 99.2 Å². The smallest absolute Gasteiger partial charge is 0.161 e. The van der Waals surface area contributed by atoms with Gasteiger partial charge >= 0.3 is 0 Å². The molecule has 4 saturated carbocycles. The van der Waals surface area contributed by atoms with Gasteiger partial charge in [0.05, 0.1) is 6.10 Å². The molecular formula is C21H34O3. The lowest BCUT2D eigenvalue weighted by molar-refractivity contribution is -0.166. The lowest BCUT2D eigenvalue weighted by Gasteiger charge is -2.61. The lowest BCUT2D eigenvalue weighted by Crippen LogP contribution is -2.57. The molecule has 0 aromatic carbocycles. The fourth-order valence-corrected chi connectivity index (χ4v) is 7.54. The van der Waals surface area contributed by atoms with Crippen LogP contribution in [0, 0.1) is 34.5 Å². The Morgan fingerprint density at radius 3 is 2.33 bits per heavy atom. The molecule has 0 unspecified atom stereocenters. The summed E-state index contributed by atoms with van der Waals surface area (Å²) in [7, 11) is 0. The number of hydrogen-bond donors (Lipinski definition) is 2. The molecule has 0 saturated heterocycles. The Hall–Kier alpha value is -0.410. The number of ketones is 1. The average Bonchev–Trinajstić information content (AvgIpc) is 2.84. The average molecular weight is 335 g/mol. The molecular weight excluding hydrogens is 300 g/mol. The Kier molecular flexibility index (Phi) is 3.76. The largest absolute Gasteiger partial charge is 0.393 e. The fraction of sp³-hybridized carbons (Fsp3) is 0.952. The molecule has 0 aliphatic heterocycles. The molecule has 0 amide bonds. The van der Waals surface area contributed by atoms with Crippen molar-refractivity contribution in [1.82, 2.24) is 0 Å². The van der Waals surface area contributed by atoms with Crippen molar-refractivity contribution in [2.24, 2.45) is 34.5 Å². The molecule has 4 rings (SSSR count). The van der Waals surface area contributed by atoms with Gasteiger partial charge in [0.25, 0.3) is 0 Å². The Balaban J connectivity index is 1.60. The van der Waals surface area contributed by atoms with Gasteiger partial charge in [0.2, 0.25) is 0 Å². The van der Waals surface area contributed by atoms with Crippen molar-refractivity contribution in [2.75, 3.05) is 0 Å². The Bertz CT molecular complexity index is 545. The van der Waals surface area contributed by atoms with Crippen molar-refractivity contribution in [3.05, 3.63) is 0 Å². The van der Waals surface area contributed by atoms with Crippen LogP contribution in [0.2, 0.25) is 0 Å². The highest BCUT2D eigenvalue weighted by Gasteiger charge is 2.61. The minimum absolute atomic E-state index is 0.0400. The summed E-state index contributed by atoms with van der Waals surface area (Å²) < 4.78 is 0. The van der Waals surface area contributed by atoms with E-state index in [0.29, 0.717) is 24.7 Å². The second-order valence-electron chi connectivity index (χ2n) is 10.1. The molecule has 0 spiro atoms. The zero-order chi connectivity index (χ0) is 17.3. The molecule has 0 aromatic rings. The SMILES string of the molecule is CC(=O)[C@]1(O)CC[C@@]2(C)[C@@H](CC[C@H]3[C@H]2CC[C@@]2(C)[C@@H]3CC[C@@H]2O)C1. The normalized spacial score (nSPS) is 57.0. The van der Waals surface area contributed by atoms with Crippen molar-refractivity contribution in [3.8, 4) is 0 Å². The van der Waals surface area contributed by atoms with Crippen molar-refractivity contribution in [3.63, 3.8) is 0 Å². The van der Waals surface area contributed by atoms with Crippen LogP contribution < -0.4 is 0 Å². The van der Waals surface area contributed by atoms with E-state index in [1.807, 2.05) is 0 Å². The summed E-state index contributed by atoms with van der Waals surface area (Å²) in [5.41, 5.74) is -0.650. The van der Waals surface area contributed by atoms with Crippen LogP contribution in [0.15, 0.2) is 0 Å². The Labute approximate surface area is 146 Å². The van der Waals surface area contributed by atoms with Crippen LogP contribution in [0.3, 0.4) is 0 Å².